The Kier molecular flexibility index (Phi) is 7.18. The number of carbonyl (C=O) groups excluding carboxylic acids is 1. The number of hydrogen-bond donors (Lipinski definition) is 2. The van der Waals surface area contributed by atoms with Crippen LogP contribution in [0.4, 0.5) is 0 Å². The molecule has 4 rings (SSSR count). The molecule has 1 saturated carbocycles. The molecule has 32 heavy (non-hydrogen) atoms. The van der Waals surface area contributed by atoms with Gasteiger partial charge >= 0.3 is 0 Å². The van der Waals surface area contributed by atoms with Gasteiger partial charge in [0.25, 0.3) is 10.0 Å². The van der Waals surface area contributed by atoms with Gasteiger partial charge in [-0.15, -0.1) is 0 Å². The Balaban J connectivity index is 1.32. The van der Waals surface area contributed by atoms with Gasteiger partial charge < -0.3 is 10.2 Å². The zero-order chi connectivity index (χ0) is 22.6. The fourth-order valence-corrected chi connectivity index (χ4v) is 6.39. The predicted molar refractivity (Wildman–Crippen MR) is 125 cm³/mol. The molecule has 1 amide bonds. The van der Waals surface area contributed by atoms with Gasteiger partial charge in [0.1, 0.15) is 0 Å². The molecule has 2 N–H and O–H groups in total. The summed E-state index contributed by atoms with van der Waals surface area (Å²) in [5, 5.41) is 11.5. The number of nitrogens with zero attached hydrogens (tertiary/aromatic N) is 2. The van der Waals surface area contributed by atoms with Crippen molar-refractivity contribution in [3.63, 3.8) is 0 Å². The van der Waals surface area contributed by atoms with Crippen molar-refractivity contribution in [1.29, 1.82) is 5.41 Å². The van der Waals surface area contributed by atoms with Crippen LogP contribution in [0.15, 0.2) is 41.3 Å². The highest BCUT2D eigenvalue weighted by atomic mass is 32.2. The van der Waals surface area contributed by atoms with Crippen molar-refractivity contribution in [2.45, 2.75) is 68.7 Å². The molecule has 1 heterocycles. The minimum Gasteiger partial charge on any atom is -0.356 e. The van der Waals surface area contributed by atoms with E-state index in [1.165, 1.54) is 10.7 Å². The Labute approximate surface area is 191 Å². The molecule has 1 unspecified atom stereocenters. The molecule has 3 aliphatic rings. The fourth-order valence-electron chi connectivity index (χ4n) is 5.00. The van der Waals surface area contributed by atoms with Gasteiger partial charge in [-0.1, -0.05) is 43.5 Å². The van der Waals surface area contributed by atoms with E-state index in [1.54, 1.807) is 24.3 Å². The zero-order valence-corrected chi connectivity index (χ0v) is 19.4. The number of hydrogen-bond acceptors (Lipinski definition) is 4. The van der Waals surface area contributed by atoms with E-state index < -0.39 is 10.0 Å². The molecule has 1 aromatic rings. The molecule has 1 aliphatic heterocycles. The number of benzene rings is 1. The van der Waals surface area contributed by atoms with E-state index in [1.807, 2.05) is 4.90 Å². The van der Waals surface area contributed by atoms with Gasteiger partial charge in [0.2, 0.25) is 11.9 Å². The monoisotopic (exact) mass is 458 g/mol. The summed E-state index contributed by atoms with van der Waals surface area (Å²) in [5.74, 6) is 0.279. The van der Waals surface area contributed by atoms with Crippen LogP contribution in [0.3, 0.4) is 0 Å². The lowest BCUT2D eigenvalue weighted by Crippen LogP contribution is -2.42. The summed E-state index contributed by atoms with van der Waals surface area (Å²) in [6.45, 7) is 1.47. The van der Waals surface area contributed by atoms with E-state index in [-0.39, 0.29) is 22.7 Å². The van der Waals surface area contributed by atoms with Crippen molar-refractivity contribution in [1.82, 2.24) is 14.5 Å². The van der Waals surface area contributed by atoms with E-state index in [0.717, 1.165) is 50.5 Å². The van der Waals surface area contributed by atoms with Crippen LogP contribution in [0.1, 0.15) is 56.9 Å². The van der Waals surface area contributed by atoms with Crippen molar-refractivity contribution in [3.05, 3.63) is 42.0 Å². The van der Waals surface area contributed by atoms with Gasteiger partial charge in [-0.2, -0.15) is 0 Å². The summed E-state index contributed by atoms with van der Waals surface area (Å²) >= 11 is 0. The molecule has 0 radical (unpaired) electrons. The molecule has 174 valence electrons. The van der Waals surface area contributed by atoms with Crippen LogP contribution in [-0.2, 0) is 21.2 Å². The first-order valence-electron chi connectivity index (χ1n) is 11.9. The van der Waals surface area contributed by atoms with Crippen molar-refractivity contribution < 1.29 is 13.2 Å². The Morgan fingerprint density at radius 1 is 1.03 bits per heavy atom. The average Bonchev–Trinajstić information content (AvgIpc) is 3.22. The normalized spacial score (nSPS) is 22.4. The van der Waals surface area contributed by atoms with Gasteiger partial charge in [-0.25, -0.2) is 12.7 Å². The maximum Gasteiger partial charge on any atom is 0.266 e. The third-order valence-corrected chi connectivity index (χ3v) is 8.74. The summed E-state index contributed by atoms with van der Waals surface area (Å²) < 4.78 is 27.6. The van der Waals surface area contributed by atoms with Gasteiger partial charge in [-0.3, -0.25) is 10.2 Å². The number of allylic oxidation sites excluding steroid dienone is 2. The fraction of sp³-hybridized carbons (Fsp3) is 0.583. The number of carbonyl (C=O) groups is 1. The first kappa shape index (κ1) is 22.8. The largest absolute Gasteiger partial charge is 0.356 e. The molecule has 1 atom stereocenters. The van der Waals surface area contributed by atoms with Crippen LogP contribution in [-0.4, -0.2) is 55.2 Å². The highest BCUT2D eigenvalue weighted by Gasteiger charge is 2.38. The number of amides is 1. The van der Waals surface area contributed by atoms with E-state index in [9.17, 15) is 13.2 Å². The third kappa shape index (κ3) is 5.00. The molecular formula is C24H34N4O3S. The lowest BCUT2D eigenvalue weighted by atomic mass is 9.93. The molecule has 7 nitrogen and oxygen atoms in total. The SMILES string of the molecule is N=C1N(C2CCCCC2)CCN1S(=O)(=O)c1ccc(CCNC(=O)C2CC=CCC2)cc1. The van der Waals surface area contributed by atoms with E-state index in [0.29, 0.717) is 32.1 Å². The molecule has 1 saturated heterocycles. The summed E-state index contributed by atoms with van der Waals surface area (Å²) in [7, 11) is -3.73. The summed E-state index contributed by atoms with van der Waals surface area (Å²) in [6, 6.07) is 7.14. The Morgan fingerprint density at radius 3 is 2.47 bits per heavy atom. The van der Waals surface area contributed by atoms with Crippen LogP contribution >= 0.6 is 0 Å². The first-order chi connectivity index (χ1) is 15.5. The van der Waals surface area contributed by atoms with Crippen molar-refractivity contribution in [2.75, 3.05) is 19.6 Å². The van der Waals surface area contributed by atoms with Crippen molar-refractivity contribution >= 4 is 21.9 Å². The minimum atomic E-state index is -3.73. The van der Waals surface area contributed by atoms with E-state index >= 15 is 0 Å². The minimum absolute atomic E-state index is 0.0662. The van der Waals surface area contributed by atoms with Crippen LogP contribution in [0.5, 0.6) is 0 Å². The number of rotatable bonds is 7. The standard InChI is InChI=1S/C24H34N4O3S/c25-24-27(21-9-5-2-6-10-21)17-18-28(24)32(30,31)22-13-11-19(12-14-22)15-16-26-23(29)20-7-3-1-4-8-20/h1,3,11-14,20-21,25H,2,4-10,15-18H2,(H,26,29). The van der Waals surface area contributed by atoms with Gasteiger partial charge in [0.05, 0.1) is 11.4 Å². The number of guanidine groups is 1. The lowest BCUT2D eigenvalue weighted by Gasteiger charge is -2.32. The lowest BCUT2D eigenvalue weighted by molar-refractivity contribution is -0.125. The van der Waals surface area contributed by atoms with Crippen LogP contribution in [0.25, 0.3) is 0 Å². The van der Waals surface area contributed by atoms with Crippen LogP contribution in [0.2, 0.25) is 0 Å². The zero-order valence-electron chi connectivity index (χ0n) is 18.6. The molecule has 8 heteroatoms. The van der Waals surface area contributed by atoms with Crippen molar-refractivity contribution in [3.8, 4) is 0 Å². The average molecular weight is 459 g/mol. The highest BCUT2D eigenvalue weighted by Crippen LogP contribution is 2.28. The smallest absolute Gasteiger partial charge is 0.266 e. The van der Waals surface area contributed by atoms with E-state index in [4.69, 9.17) is 5.41 Å². The van der Waals surface area contributed by atoms with Gasteiger partial charge in [0, 0.05) is 25.0 Å². The quantitative estimate of drug-likeness (QED) is 0.613. The predicted octanol–water partition coefficient (Wildman–Crippen LogP) is 3.28. The molecule has 0 aromatic heterocycles. The third-order valence-electron chi connectivity index (χ3n) is 6.93. The van der Waals surface area contributed by atoms with Gasteiger partial charge in [0.15, 0.2) is 0 Å². The van der Waals surface area contributed by atoms with Gasteiger partial charge in [-0.05, 0) is 56.2 Å². The number of nitrogens with one attached hydrogen (secondary N) is 2. The van der Waals surface area contributed by atoms with Crippen molar-refractivity contribution in [2.24, 2.45) is 5.92 Å². The number of sulfonamides is 1. The Hall–Kier alpha value is -2.35. The summed E-state index contributed by atoms with van der Waals surface area (Å²) in [6.07, 6.45) is 13.1. The Morgan fingerprint density at radius 2 is 1.78 bits per heavy atom. The summed E-state index contributed by atoms with van der Waals surface area (Å²) in [5.41, 5.74) is 0.980. The highest BCUT2D eigenvalue weighted by molar-refractivity contribution is 7.89. The molecule has 1 aromatic carbocycles. The molecule has 2 aliphatic carbocycles. The topological polar surface area (TPSA) is 93.6 Å². The second-order valence-corrected chi connectivity index (χ2v) is 10.9. The maximum absolute atomic E-state index is 13.2. The van der Waals surface area contributed by atoms with Crippen LogP contribution < -0.4 is 5.32 Å². The second-order valence-electron chi connectivity index (χ2n) is 9.05. The Bertz CT molecular complexity index is 952. The molecular weight excluding hydrogens is 424 g/mol. The van der Waals surface area contributed by atoms with Crippen LogP contribution in [0, 0.1) is 11.3 Å². The molecule has 0 bridgehead atoms. The molecule has 0 spiro atoms. The second kappa shape index (κ2) is 10.1. The first-order valence-corrected chi connectivity index (χ1v) is 13.3. The maximum atomic E-state index is 13.2. The molecule has 2 fully saturated rings. The van der Waals surface area contributed by atoms with E-state index in [2.05, 4.69) is 17.5 Å². The summed E-state index contributed by atoms with van der Waals surface area (Å²) in [4.78, 5) is 14.4.